The Bertz CT molecular complexity index is 284. The van der Waals surface area contributed by atoms with Gasteiger partial charge in [0.1, 0.15) is 0 Å². The van der Waals surface area contributed by atoms with Crippen molar-refractivity contribution in [2.24, 2.45) is 11.7 Å². The maximum atomic E-state index is 12.3. The molecule has 0 bridgehead atoms. The number of hydrogen-bond acceptors (Lipinski definition) is 4. The lowest BCUT2D eigenvalue weighted by molar-refractivity contribution is -0.138. The molecule has 0 aromatic carbocycles. The quantitative estimate of drug-likeness (QED) is 0.793. The molecule has 1 heterocycles. The average molecular weight is 271 g/mol. The largest absolute Gasteiger partial charge is 0.383 e. The van der Waals surface area contributed by atoms with E-state index in [1.165, 1.54) is 0 Å². The molecule has 5 nitrogen and oxygen atoms in total. The van der Waals surface area contributed by atoms with E-state index in [0.29, 0.717) is 12.1 Å². The molecule has 1 aliphatic rings. The van der Waals surface area contributed by atoms with Crippen molar-refractivity contribution < 1.29 is 9.53 Å². The molecule has 0 spiro atoms. The van der Waals surface area contributed by atoms with Crippen molar-refractivity contribution in [3.05, 3.63) is 0 Å². The van der Waals surface area contributed by atoms with Crippen molar-refractivity contribution in [3.8, 4) is 0 Å². The number of amides is 1. The molecule has 1 saturated heterocycles. The first-order chi connectivity index (χ1) is 8.88. The van der Waals surface area contributed by atoms with Crippen LogP contribution in [0.25, 0.3) is 0 Å². The topological polar surface area (TPSA) is 58.8 Å². The van der Waals surface area contributed by atoms with Crippen molar-refractivity contribution in [2.75, 3.05) is 33.4 Å². The van der Waals surface area contributed by atoms with E-state index in [1.807, 2.05) is 18.7 Å². The highest BCUT2D eigenvalue weighted by atomic mass is 16.5. The lowest BCUT2D eigenvalue weighted by atomic mass is 10.0. The van der Waals surface area contributed by atoms with Gasteiger partial charge in [-0.3, -0.25) is 9.69 Å². The van der Waals surface area contributed by atoms with Gasteiger partial charge in [-0.2, -0.15) is 0 Å². The van der Waals surface area contributed by atoms with Gasteiger partial charge in [-0.15, -0.1) is 0 Å². The predicted molar refractivity (Wildman–Crippen MR) is 76.9 cm³/mol. The van der Waals surface area contributed by atoms with E-state index in [1.54, 1.807) is 7.11 Å². The summed E-state index contributed by atoms with van der Waals surface area (Å²) in [6.45, 7) is 11.5. The molecular weight excluding hydrogens is 242 g/mol. The van der Waals surface area contributed by atoms with Gasteiger partial charge in [0.2, 0.25) is 5.91 Å². The summed E-state index contributed by atoms with van der Waals surface area (Å²) in [7, 11) is 1.72. The van der Waals surface area contributed by atoms with Crippen LogP contribution < -0.4 is 5.73 Å². The summed E-state index contributed by atoms with van der Waals surface area (Å²) in [5.74, 6) is 0.268. The van der Waals surface area contributed by atoms with Crippen LogP contribution in [0, 0.1) is 5.92 Å². The van der Waals surface area contributed by atoms with Gasteiger partial charge in [-0.1, -0.05) is 13.8 Å². The Balaban J connectivity index is 2.61. The summed E-state index contributed by atoms with van der Waals surface area (Å²) >= 11 is 0. The first-order valence-corrected chi connectivity index (χ1v) is 7.17. The van der Waals surface area contributed by atoms with Crippen LogP contribution >= 0.6 is 0 Å². The zero-order valence-electron chi connectivity index (χ0n) is 12.9. The molecular formula is C14H29N3O2. The fourth-order valence-electron chi connectivity index (χ4n) is 2.67. The highest BCUT2D eigenvalue weighted by Crippen LogP contribution is 2.17. The molecule has 19 heavy (non-hydrogen) atoms. The summed E-state index contributed by atoms with van der Waals surface area (Å²) in [5.41, 5.74) is 5.97. The van der Waals surface area contributed by atoms with Gasteiger partial charge < -0.3 is 15.4 Å². The summed E-state index contributed by atoms with van der Waals surface area (Å²) in [4.78, 5) is 16.6. The van der Waals surface area contributed by atoms with E-state index in [-0.39, 0.29) is 17.9 Å². The molecule has 0 aromatic rings. The third-order valence-corrected chi connectivity index (χ3v) is 3.97. The van der Waals surface area contributed by atoms with Gasteiger partial charge >= 0.3 is 0 Å². The molecule has 1 fully saturated rings. The molecule has 0 saturated carbocycles. The molecule has 2 N–H and O–H groups in total. The minimum Gasteiger partial charge on any atom is -0.383 e. The van der Waals surface area contributed by atoms with E-state index >= 15 is 0 Å². The fraction of sp³-hybridized carbons (Fsp3) is 0.929. The Kier molecular flexibility index (Phi) is 6.23. The third-order valence-electron chi connectivity index (χ3n) is 3.97. The Morgan fingerprint density at radius 3 is 2.26 bits per heavy atom. The summed E-state index contributed by atoms with van der Waals surface area (Å²) < 4.78 is 5.14. The fourth-order valence-corrected chi connectivity index (χ4v) is 2.67. The minimum atomic E-state index is -0.384. The van der Waals surface area contributed by atoms with E-state index in [4.69, 9.17) is 10.5 Å². The van der Waals surface area contributed by atoms with E-state index in [2.05, 4.69) is 18.7 Å². The first-order valence-electron chi connectivity index (χ1n) is 7.17. The van der Waals surface area contributed by atoms with Crippen molar-refractivity contribution in [1.82, 2.24) is 9.80 Å². The molecule has 0 radical (unpaired) electrons. The van der Waals surface area contributed by atoms with Gasteiger partial charge in [-0.05, 0) is 19.8 Å². The molecule has 1 rings (SSSR count). The van der Waals surface area contributed by atoms with Crippen LogP contribution in [0.15, 0.2) is 0 Å². The third kappa shape index (κ3) is 4.16. The van der Waals surface area contributed by atoms with Crippen molar-refractivity contribution in [3.63, 3.8) is 0 Å². The lowest BCUT2D eigenvalue weighted by Crippen LogP contribution is -2.61. The number of carbonyl (C=O) groups is 1. The van der Waals surface area contributed by atoms with E-state index in [9.17, 15) is 4.79 Å². The van der Waals surface area contributed by atoms with Crippen molar-refractivity contribution in [1.29, 1.82) is 0 Å². The first kappa shape index (κ1) is 16.4. The van der Waals surface area contributed by atoms with Crippen LogP contribution in [0.5, 0.6) is 0 Å². The van der Waals surface area contributed by atoms with Gasteiger partial charge in [0.25, 0.3) is 0 Å². The second kappa shape index (κ2) is 7.22. The maximum Gasteiger partial charge on any atom is 0.239 e. The summed E-state index contributed by atoms with van der Waals surface area (Å²) in [6, 6.07) is 0.314. The molecule has 0 aromatic heterocycles. The van der Waals surface area contributed by atoms with Gasteiger partial charge in [0.15, 0.2) is 0 Å². The smallest absolute Gasteiger partial charge is 0.239 e. The van der Waals surface area contributed by atoms with Gasteiger partial charge in [-0.25, -0.2) is 0 Å². The Morgan fingerprint density at radius 2 is 1.84 bits per heavy atom. The van der Waals surface area contributed by atoms with Gasteiger partial charge in [0, 0.05) is 38.8 Å². The van der Waals surface area contributed by atoms with Crippen LogP contribution in [0.2, 0.25) is 0 Å². The number of hydrogen-bond donors (Lipinski definition) is 1. The second-order valence-corrected chi connectivity index (χ2v) is 5.94. The molecule has 3 atom stereocenters. The summed E-state index contributed by atoms with van der Waals surface area (Å²) in [6.07, 6.45) is 0. The highest BCUT2D eigenvalue weighted by molar-refractivity contribution is 5.82. The minimum absolute atomic E-state index is 0.0834. The van der Waals surface area contributed by atoms with E-state index in [0.717, 1.165) is 26.2 Å². The van der Waals surface area contributed by atoms with Crippen LogP contribution in [0.1, 0.15) is 27.7 Å². The molecule has 1 aliphatic heterocycles. The monoisotopic (exact) mass is 271 g/mol. The molecule has 5 heteroatoms. The second-order valence-electron chi connectivity index (χ2n) is 5.94. The molecule has 112 valence electrons. The Hall–Kier alpha value is -0.650. The lowest BCUT2D eigenvalue weighted by Gasteiger charge is -2.45. The van der Waals surface area contributed by atoms with Crippen molar-refractivity contribution >= 4 is 5.91 Å². The van der Waals surface area contributed by atoms with Crippen LogP contribution in [0.4, 0.5) is 0 Å². The van der Waals surface area contributed by atoms with Gasteiger partial charge in [0.05, 0.1) is 12.6 Å². The van der Waals surface area contributed by atoms with Crippen LogP contribution in [-0.2, 0) is 9.53 Å². The predicted octanol–water partition coefficient (Wildman–Crippen LogP) is 0.537. The Morgan fingerprint density at radius 1 is 1.32 bits per heavy atom. The highest BCUT2D eigenvalue weighted by Gasteiger charge is 2.33. The number of methoxy groups -OCH3 is 1. The van der Waals surface area contributed by atoms with Crippen molar-refractivity contribution in [2.45, 2.75) is 45.8 Å². The number of nitrogens with two attached hydrogens (primary N) is 1. The Labute approximate surface area is 117 Å². The zero-order chi connectivity index (χ0) is 14.6. The standard InChI is InChI=1S/C14H29N3O2/c1-10(2)13(15)14(18)16-8-11(3)17(6-7-19-5)12(4)9-16/h10-13H,6-9,15H2,1-5H3/t11-,12+,13-/m0/s1. The maximum absolute atomic E-state index is 12.3. The number of carbonyl (C=O) groups excluding carboxylic acids is 1. The number of ether oxygens (including phenoxy) is 1. The van der Waals surface area contributed by atoms with Crippen LogP contribution in [0.3, 0.4) is 0 Å². The number of piperazine rings is 1. The average Bonchev–Trinajstić information content (AvgIpc) is 2.35. The molecule has 0 aliphatic carbocycles. The summed E-state index contributed by atoms with van der Waals surface area (Å²) in [5, 5.41) is 0. The molecule has 1 amide bonds. The number of nitrogens with zero attached hydrogens (tertiary/aromatic N) is 2. The molecule has 0 unspecified atom stereocenters. The van der Waals surface area contributed by atoms with Crippen LogP contribution in [-0.4, -0.2) is 67.2 Å². The normalized spacial score (nSPS) is 26.8. The van der Waals surface area contributed by atoms with E-state index < -0.39 is 0 Å². The SMILES string of the molecule is COCCN1[C@H](C)CN(C(=O)[C@@H](N)C(C)C)C[C@@H]1C. The number of rotatable bonds is 5. The zero-order valence-corrected chi connectivity index (χ0v) is 12.9.